The van der Waals surface area contributed by atoms with Crippen LogP contribution in [0.25, 0.3) is 0 Å². The normalized spacial score (nSPS) is 12.2. The van der Waals surface area contributed by atoms with E-state index in [-0.39, 0.29) is 5.91 Å². The van der Waals surface area contributed by atoms with Crippen LogP contribution in [0.2, 0.25) is 0 Å². The molecule has 0 saturated heterocycles. The molecule has 2 aromatic rings. The number of carbonyl (C=O) groups excluding carboxylic acids is 2. The molecule has 0 bridgehead atoms. The fourth-order valence-electron chi connectivity index (χ4n) is 2.25. The number of nitrogens with zero attached hydrogens (tertiary/aromatic N) is 2. The third-order valence-corrected chi connectivity index (χ3v) is 3.93. The molecule has 1 aromatic carbocycles. The van der Waals surface area contributed by atoms with Crippen molar-refractivity contribution in [2.24, 2.45) is 5.73 Å². The van der Waals surface area contributed by atoms with Crippen LogP contribution in [-0.4, -0.2) is 28.7 Å². The maximum atomic E-state index is 13.4. The second-order valence-electron chi connectivity index (χ2n) is 5.10. The molecule has 0 aliphatic rings. The summed E-state index contributed by atoms with van der Waals surface area (Å²) in [7, 11) is 1.71. The van der Waals surface area contributed by atoms with Gasteiger partial charge in [0, 0.05) is 18.8 Å². The predicted octanol–water partition coefficient (Wildman–Crippen LogP) is 1.90. The Bertz CT molecular complexity index is 719. The van der Waals surface area contributed by atoms with Gasteiger partial charge in [0.15, 0.2) is 5.13 Å². The summed E-state index contributed by atoms with van der Waals surface area (Å²) < 4.78 is 13.4. The highest BCUT2D eigenvalue weighted by molar-refractivity contribution is 7.13. The summed E-state index contributed by atoms with van der Waals surface area (Å²) in [4.78, 5) is 28.7. The Morgan fingerprint density at radius 1 is 1.48 bits per heavy atom. The molecule has 0 aliphatic carbocycles. The number of amides is 2. The average molecular weight is 336 g/mol. The van der Waals surface area contributed by atoms with Gasteiger partial charge in [0.1, 0.15) is 11.9 Å². The SMILES string of the molecule is CC(=O)Nc1nc(CN(C)[C@@H](C(N)=O)c2cccc(F)c2)cs1. The zero-order valence-corrected chi connectivity index (χ0v) is 13.6. The molecule has 0 saturated carbocycles. The highest BCUT2D eigenvalue weighted by atomic mass is 32.1. The van der Waals surface area contributed by atoms with Crippen LogP contribution in [0, 0.1) is 5.82 Å². The van der Waals surface area contributed by atoms with Gasteiger partial charge >= 0.3 is 0 Å². The summed E-state index contributed by atoms with van der Waals surface area (Å²) in [6, 6.07) is 5.01. The Morgan fingerprint density at radius 2 is 2.22 bits per heavy atom. The first-order chi connectivity index (χ1) is 10.9. The Labute approximate surface area is 137 Å². The van der Waals surface area contributed by atoms with Crippen LogP contribution in [-0.2, 0) is 16.1 Å². The number of carbonyl (C=O) groups is 2. The van der Waals surface area contributed by atoms with E-state index in [9.17, 15) is 14.0 Å². The molecule has 2 rings (SSSR count). The maximum Gasteiger partial charge on any atom is 0.239 e. The average Bonchev–Trinajstić information content (AvgIpc) is 2.84. The van der Waals surface area contributed by atoms with E-state index in [2.05, 4.69) is 10.3 Å². The third-order valence-electron chi connectivity index (χ3n) is 3.12. The quantitative estimate of drug-likeness (QED) is 0.843. The van der Waals surface area contributed by atoms with Crippen LogP contribution in [0.1, 0.15) is 24.2 Å². The molecule has 0 fully saturated rings. The fraction of sp³-hybridized carbons (Fsp3) is 0.267. The van der Waals surface area contributed by atoms with E-state index in [1.807, 2.05) is 0 Å². The summed E-state index contributed by atoms with van der Waals surface area (Å²) >= 11 is 1.29. The standard InChI is InChI=1S/C15H17FN4O2S/c1-9(21)18-15-19-12(8-23-15)7-20(2)13(14(17)22)10-4-3-5-11(16)6-10/h3-6,8,13H,7H2,1-2H3,(H2,17,22)(H,18,19,21)/t13-/m1/s1. The zero-order valence-electron chi connectivity index (χ0n) is 12.7. The van der Waals surface area contributed by atoms with Crippen molar-refractivity contribution < 1.29 is 14.0 Å². The predicted molar refractivity (Wildman–Crippen MR) is 86.2 cm³/mol. The van der Waals surface area contributed by atoms with Gasteiger partial charge in [0.2, 0.25) is 11.8 Å². The number of nitrogens with two attached hydrogens (primary N) is 1. The number of nitrogens with one attached hydrogen (secondary N) is 1. The maximum absolute atomic E-state index is 13.4. The molecule has 3 N–H and O–H groups in total. The molecule has 1 aromatic heterocycles. The van der Waals surface area contributed by atoms with Crippen molar-refractivity contribution in [1.82, 2.24) is 9.88 Å². The molecule has 122 valence electrons. The number of benzene rings is 1. The van der Waals surface area contributed by atoms with E-state index < -0.39 is 17.8 Å². The van der Waals surface area contributed by atoms with Gasteiger partial charge in [-0.3, -0.25) is 14.5 Å². The lowest BCUT2D eigenvalue weighted by molar-refractivity contribution is -0.123. The highest BCUT2D eigenvalue weighted by Crippen LogP contribution is 2.23. The van der Waals surface area contributed by atoms with Crippen LogP contribution in [0.15, 0.2) is 29.6 Å². The molecule has 0 aliphatic heterocycles. The number of hydrogen-bond donors (Lipinski definition) is 2. The Kier molecular flexibility index (Phi) is 5.41. The molecule has 2 amide bonds. The number of primary amides is 1. The van der Waals surface area contributed by atoms with Crippen molar-refractivity contribution in [3.05, 3.63) is 46.7 Å². The third kappa shape index (κ3) is 4.57. The number of halogens is 1. The second kappa shape index (κ2) is 7.30. The summed E-state index contributed by atoms with van der Waals surface area (Å²) in [6.07, 6.45) is 0. The van der Waals surface area contributed by atoms with Crippen LogP contribution in [0.4, 0.5) is 9.52 Å². The van der Waals surface area contributed by atoms with Crippen molar-refractivity contribution >= 4 is 28.3 Å². The van der Waals surface area contributed by atoms with Crippen molar-refractivity contribution in [2.75, 3.05) is 12.4 Å². The minimum Gasteiger partial charge on any atom is -0.368 e. The Morgan fingerprint density at radius 3 is 2.83 bits per heavy atom. The van der Waals surface area contributed by atoms with Gasteiger partial charge in [-0.2, -0.15) is 0 Å². The van der Waals surface area contributed by atoms with E-state index in [0.717, 1.165) is 0 Å². The van der Waals surface area contributed by atoms with Gasteiger partial charge in [-0.1, -0.05) is 12.1 Å². The van der Waals surface area contributed by atoms with Gasteiger partial charge in [-0.25, -0.2) is 9.37 Å². The highest BCUT2D eigenvalue weighted by Gasteiger charge is 2.24. The molecule has 23 heavy (non-hydrogen) atoms. The molecule has 6 nitrogen and oxygen atoms in total. The van der Waals surface area contributed by atoms with E-state index in [1.165, 1.54) is 36.5 Å². The second-order valence-corrected chi connectivity index (χ2v) is 5.96. The lowest BCUT2D eigenvalue weighted by Gasteiger charge is -2.25. The van der Waals surface area contributed by atoms with Crippen LogP contribution < -0.4 is 11.1 Å². The zero-order chi connectivity index (χ0) is 17.0. The fourth-order valence-corrected chi connectivity index (χ4v) is 2.99. The first kappa shape index (κ1) is 17.0. The minimum absolute atomic E-state index is 0.200. The van der Waals surface area contributed by atoms with Crippen molar-refractivity contribution in [3.8, 4) is 0 Å². The van der Waals surface area contributed by atoms with Gasteiger partial charge < -0.3 is 11.1 Å². The van der Waals surface area contributed by atoms with E-state index >= 15 is 0 Å². The van der Waals surface area contributed by atoms with Gasteiger partial charge in [-0.05, 0) is 24.7 Å². The number of anilines is 1. The van der Waals surface area contributed by atoms with E-state index in [0.29, 0.717) is 22.9 Å². The summed E-state index contributed by atoms with van der Waals surface area (Å²) in [6.45, 7) is 1.74. The molecule has 0 radical (unpaired) electrons. The Balaban J connectivity index is 2.15. The van der Waals surface area contributed by atoms with Gasteiger partial charge in [0.05, 0.1) is 5.69 Å². The molecule has 1 atom stereocenters. The number of hydrogen-bond acceptors (Lipinski definition) is 5. The Hall–Kier alpha value is -2.32. The van der Waals surface area contributed by atoms with Crippen molar-refractivity contribution in [2.45, 2.75) is 19.5 Å². The number of rotatable bonds is 6. The monoisotopic (exact) mass is 336 g/mol. The summed E-state index contributed by atoms with van der Waals surface area (Å²) in [5.74, 6) is -1.20. The smallest absolute Gasteiger partial charge is 0.239 e. The van der Waals surface area contributed by atoms with Crippen molar-refractivity contribution in [3.63, 3.8) is 0 Å². The first-order valence-corrected chi connectivity index (χ1v) is 7.72. The first-order valence-electron chi connectivity index (χ1n) is 6.84. The molecule has 1 heterocycles. The van der Waals surface area contributed by atoms with Crippen molar-refractivity contribution in [1.29, 1.82) is 0 Å². The van der Waals surface area contributed by atoms with Gasteiger partial charge in [-0.15, -0.1) is 11.3 Å². The number of thiazole rings is 1. The largest absolute Gasteiger partial charge is 0.368 e. The van der Waals surface area contributed by atoms with E-state index in [1.54, 1.807) is 23.4 Å². The lowest BCUT2D eigenvalue weighted by atomic mass is 10.0. The minimum atomic E-state index is -0.767. The van der Waals surface area contributed by atoms with Crippen LogP contribution in [0.5, 0.6) is 0 Å². The number of likely N-dealkylation sites (N-methyl/N-ethyl adjacent to an activating group) is 1. The molecule has 8 heteroatoms. The molecular formula is C15H17FN4O2S. The summed E-state index contributed by atoms with van der Waals surface area (Å²) in [5.41, 5.74) is 6.63. The van der Waals surface area contributed by atoms with E-state index in [4.69, 9.17) is 5.73 Å². The lowest BCUT2D eigenvalue weighted by Crippen LogP contribution is -2.35. The number of aromatic nitrogens is 1. The molecule has 0 unspecified atom stereocenters. The van der Waals surface area contributed by atoms with Gasteiger partial charge in [0.25, 0.3) is 0 Å². The summed E-state index contributed by atoms with van der Waals surface area (Å²) in [5, 5.41) is 4.87. The molecule has 0 spiro atoms. The molecular weight excluding hydrogens is 319 g/mol. The van der Waals surface area contributed by atoms with Crippen LogP contribution in [0.3, 0.4) is 0 Å². The topological polar surface area (TPSA) is 88.3 Å². The van der Waals surface area contributed by atoms with Crippen LogP contribution >= 0.6 is 11.3 Å².